The molecule has 0 atom stereocenters. The van der Waals surface area contributed by atoms with Gasteiger partial charge in [-0.15, -0.1) is 0 Å². The second-order valence-corrected chi connectivity index (χ2v) is 6.99. The minimum atomic E-state index is -0.0899. The van der Waals surface area contributed by atoms with Gasteiger partial charge in [-0.3, -0.25) is 4.79 Å². The van der Waals surface area contributed by atoms with E-state index in [0.29, 0.717) is 5.71 Å². The predicted octanol–water partition coefficient (Wildman–Crippen LogP) is 5.10. The molecule has 0 saturated carbocycles. The summed E-state index contributed by atoms with van der Waals surface area (Å²) in [4.78, 5) is 17.2. The van der Waals surface area contributed by atoms with Crippen molar-refractivity contribution >= 4 is 28.6 Å². The summed E-state index contributed by atoms with van der Waals surface area (Å²) >= 11 is 0. The molecule has 3 N–H and O–H groups in total. The van der Waals surface area contributed by atoms with Crippen molar-refractivity contribution in [3.8, 4) is 0 Å². The summed E-state index contributed by atoms with van der Waals surface area (Å²) in [5.41, 5.74) is 15.0. The number of anilines is 2. The van der Waals surface area contributed by atoms with Gasteiger partial charge in [-0.1, -0.05) is 12.1 Å². The molecule has 0 radical (unpaired) electrons. The Bertz CT molecular complexity index is 1030. The molecular formula is C23H25N3O. The van der Waals surface area contributed by atoms with Gasteiger partial charge in [-0.05, 0) is 87.2 Å². The van der Waals surface area contributed by atoms with Crippen LogP contribution in [-0.2, 0) is 4.79 Å². The van der Waals surface area contributed by atoms with Gasteiger partial charge in [0.2, 0.25) is 5.78 Å². The van der Waals surface area contributed by atoms with Crippen molar-refractivity contribution in [2.24, 2.45) is 4.99 Å². The lowest BCUT2D eigenvalue weighted by Gasteiger charge is -2.18. The molecule has 3 rings (SSSR count). The minimum Gasteiger partial charge on any atom is -0.399 e. The number of nitrogens with zero attached hydrogens (tertiary/aromatic N) is 1. The molecule has 138 valence electrons. The predicted molar refractivity (Wildman–Crippen MR) is 114 cm³/mol. The van der Waals surface area contributed by atoms with Crippen LogP contribution < -0.4 is 11.1 Å². The lowest BCUT2D eigenvalue weighted by atomic mass is 9.98. The Labute approximate surface area is 160 Å². The zero-order chi connectivity index (χ0) is 19.7. The van der Waals surface area contributed by atoms with Crippen molar-refractivity contribution in [2.75, 3.05) is 11.1 Å². The molecule has 0 bridgehead atoms. The molecule has 0 spiro atoms. The molecular weight excluding hydrogens is 334 g/mol. The van der Waals surface area contributed by atoms with Crippen molar-refractivity contribution in [3.05, 3.63) is 76.0 Å². The Hall–Kier alpha value is -3.14. The maximum Gasteiger partial charge on any atom is 0.204 e. The number of benzene rings is 2. The first kappa shape index (κ1) is 18.6. The zero-order valence-electron chi connectivity index (χ0n) is 16.5. The summed E-state index contributed by atoms with van der Waals surface area (Å²) in [6, 6.07) is 9.84. The van der Waals surface area contributed by atoms with E-state index in [2.05, 4.69) is 30.2 Å². The minimum absolute atomic E-state index is 0.0899. The van der Waals surface area contributed by atoms with Crippen molar-refractivity contribution in [2.45, 2.75) is 34.6 Å². The number of ketones is 1. The molecule has 2 aromatic rings. The van der Waals surface area contributed by atoms with Crippen LogP contribution in [0.5, 0.6) is 0 Å². The number of hydrogen-bond acceptors (Lipinski definition) is 4. The molecule has 0 saturated heterocycles. The van der Waals surface area contributed by atoms with Crippen molar-refractivity contribution < 1.29 is 4.79 Å². The van der Waals surface area contributed by atoms with Gasteiger partial charge in [-0.2, -0.15) is 0 Å². The van der Waals surface area contributed by atoms with E-state index in [9.17, 15) is 4.79 Å². The number of aryl methyl sites for hydroxylation is 1. The molecule has 0 fully saturated rings. The van der Waals surface area contributed by atoms with Crippen molar-refractivity contribution in [3.63, 3.8) is 0 Å². The smallest absolute Gasteiger partial charge is 0.204 e. The van der Waals surface area contributed by atoms with Gasteiger partial charge in [0.25, 0.3) is 0 Å². The number of carbonyl (C=O) groups excluding carboxylic acids is 1. The maximum atomic E-state index is 12.5. The number of aliphatic imine (C=N–C) groups is 1. The highest BCUT2D eigenvalue weighted by Gasteiger charge is 2.20. The summed E-state index contributed by atoms with van der Waals surface area (Å²) in [6.45, 7) is 10.0. The molecule has 2 aromatic carbocycles. The number of hydrogen-bond donors (Lipinski definition) is 2. The standard InChI is InChI=1S/C23H25N3O/c1-13-7-6-8-19(14(13)2)25-21-11-12-22(27)23(17(21)5)26-20-10-9-18(24)15(3)16(20)4/h6-12,25H,24H2,1-5H3. The average Bonchev–Trinajstić information content (AvgIpc) is 2.64. The lowest BCUT2D eigenvalue weighted by molar-refractivity contribution is -0.108. The largest absolute Gasteiger partial charge is 0.399 e. The number of nitrogen functional groups attached to an aromatic ring is 1. The van der Waals surface area contributed by atoms with Crippen molar-refractivity contribution in [1.29, 1.82) is 0 Å². The topological polar surface area (TPSA) is 67.5 Å². The van der Waals surface area contributed by atoms with Crippen LogP contribution >= 0.6 is 0 Å². The van der Waals surface area contributed by atoms with E-state index >= 15 is 0 Å². The number of rotatable bonds is 3. The third-order valence-electron chi connectivity index (χ3n) is 5.30. The van der Waals surface area contributed by atoms with Crippen LogP contribution in [0.25, 0.3) is 0 Å². The molecule has 0 amide bonds. The Morgan fingerprint density at radius 3 is 2.37 bits per heavy atom. The number of carbonyl (C=O) groups is 1. The fourth-order valence-electron chi connectivity index (χ4n) is 3.05. The third kappa shape index (κ3) is 3.56. The molecule has 0 aromatic heterocycles. The van der Waals surface area contributed by atoms with Crippen molar-refractivity contribution in [1.82, 2.24) is 0 Å². The highest BCUT2D eigenvalue weighted by Crippen LogP contribution is 2.29. The average molecular weight is 359 g/mol. The van der Waals surface area contributed by atoms with E-state index in [0.717, 1.165) is 39.5 Å². The normalized spacial score (nSPS) is 15.6. The summed E-state index contributed by atoms with van der Waals surface area (Å²) in [6.07, 6.45) is 3.39. The molecule has 0 aliphatic heterocycles. The van der Waals surface area contributed by atoms with Crippen LogP contribution in [0.3, 0.4) is 0 Å². The van der Waals surface area contributed by atoms with Crippen LogP contribution in [0.1, 0.15) is 29.2 Å². The quantitative estimate of drug-likeness (QED) is 0.592. The van der Waals surface area contributed by atoms with Gasteiger partial charge >= 0.3 is 0 Å². The highest BCUT2D eigenvalue weighted by molar-refractivity contribution is 6.51. The van der Waals surface area contributed by atoms with Gasteiger partial charge in [0, 0.05) is 22.6 Å². The zero-order valence-corrected chi connectivity index (χ0v) is 16.5. The Morgan fingerprint density at radius 2 is 1.63 bits per heavy atom. The Balaban J connectivity index is 2.04. The first-order valence-corrected chi connectivity index (χ1v) is 9.01. The van der Waals surface area contributed by atoms with Gasteiger partial charge in [-0.25, -0.2) is 4.99 Å². The van der Waals surface area contributed by atoms with E-state index in [4.69, 9.17) is 5.73 Å². The second-order valence-electron chi connectivity index (χ2n) is 6.99. The van der Waals surface area contributed by atoms with E-state index < -0.39 is 0 Å². The maximum absolute atomic E-state index is 12.5. The van der Waals surface area contributed by atoms with Crippen LogP contribution in [0.2, 0.25) is 0 Å². The number of nitrogens with one attached hydrogen (secondary N) is 1. The summed E-state index contributed by atoms with van der Waals surface area (Å²) < 4.78 is 0. The van der Waals surface area contributed by atoms with Gasteiger partial charge in [0.05, 0.1) is 5.69 Å². The molecule has 1 aliphatic carbocycles. The Morgan fingerprint density at radius 1 is 0.889 bits per heavy atom. The van der Waals surface area contributed by atoms with E-state index in [-0.39, 0.29) is 5.78 Å². The Kier molecular flexibility index (Phi) is 5.00. The fraction of sp³-hybridized carbons (Fsp3) is 0.217. The summed E-state index contributed by atoms with van der Waals surface area (Å²) in [5, 5.41) is 3.45. The second kappa shape index (κ2) is 7.23. The number of allylic oxidation sites excluding steroid dienone is 3. The molecule has 27 heavy (non-hydrogen) atoms. The molecule has 1 aliphatic rings. The molecule has 0 unspecified atom stereocenters. The fourth-order valence-corrected chi connectivity index (χ4v) is 3.05. The summed E-state index contributed by atoms with van der Waals surface area (Å²) in [5.74, 6) is -0.0899. The van der Waals surface area contributed by atoms with Gasteiger partial charge in [0.15, 0.2) is 0 Å². The highest BCUT2D eigenvalue weighted by atomic mass is 16.1. The van der Waals surface area contributed by atoms with Gasteiger partial charge < -0.3 is 11.1 Å². The lowest BCUT2D eigenvalue weighted by Crippen LogP contribution is -2.20. The van der Waals surface area contributed by atoms with Crippen LogP contribution in [0.15, 0.2) is 58.7 Å². The van der Waals surface area contributed by atoms with Crippen LogP contribution in [-0.4, -0.2) is 11.5 Å². The van der Waals surface area contributed by atoms with E-state index in [1.54, 1.807) is 6.08 Å². The first-order valence-electron chi connectivity index (χ1n) is 9.01. The SMILES string of the molecule is CC1=C(Nc2cccc(C)c2C)C=CC(=O)C1=Nc1ccc(N)c(C)c1C. The van der Waals surface area contributed by atoms with Gasteiger partial charge in [0.1, 0.15) is 5.71 Å². The first-order chi connectivity index (χ1) is 12.8. The third-order valence-corrected chi connectivity index (χ3v) is 5.30. The van der Waals surface area contributed by atoms with E-state index in [1.165, 1.54) is 11.1 Å². The number of nitrogens with two attached hydrogens (primary N) is 1. The van der Waals surface area contributed by atoms with E-state index in [1.807, 2.05) is 51.1 Å². The molecule has 4 heteroatoms. The molecule has 0 heterocycles. The monoisotopic (exact) mass is 359 g/mol. The van der Waals surface area contributed by atoms with Crippen LogP contribution in [0, 0.1) is 27.7 Å². The summed E-state index contributed by atoms with van der Waals surface area (Å²) in [7, 11) is 0. The van der Waals surface area contributed by atoms with Crippen LogP contribution in [0.4, 0.5) is 17.1 Å². The molecule has 4 nitrogen and oxygen atoms in total.